The third-order valence-electron chi connectivity index (χ3n) is 5.13. The molecule has 2 aliphatic heterocycles. The van der Waals surface area contributed by atoms with Gasteiger partial charge in [0.25, 0.3) is 0 Å². The molecule has 0 radical (unpaired) electrons. The van der Waals surface area contributed by atoms with Crippen LogP contribution in [0.2, 0.25) is 0 Å². The van der Waals surface area contributed by atoms with E-state index in [1.54, 1.807) is 12.1 Å². The van der Waals surface area contributed by atoms with Crippen molar-refractivity contribution in [1.82, 2.24) is 4.90 Å². The van der Waals surface area contributed by atoms with E-state index >= 15 is 0 Å². The van der Waals surface area contributed by atoms with Crippen molar-refractivity contribution in [2.75, 3.05) is 18.4 Å². The second-order valence-corrected chi connectivity index (χ2v) is 6.96. The standard InChI is InChI=1S/C20H17F3N2O3/c21-20(22,23)13-6-8-14(9-7-13)24-18(27)25-11-3-10-19(12-25)16-5-2-1-4-15(16)17(26)28-19/h1-2,4-9H,3,10-12H2,(H,24,27)/t19-/m0/s1. The molecule has 2 aliphatic rings. The molecule has 28 heavy (non-hydrogen) atoms. The van der Waals surface area contributed by atoms with E-state index in [9.17, 15) is 22.8 Å². The maximum atomic E-state index is 12.7. The number of carbonyl (C=O) groups is 2. The lowest BCUT2D eigenvalue weighted by atomic mass is 9.85. The van der Waals surface area contributed by atoms with Gasteiger partial charge in [0.15, 0.2) is 5.60 Å². The number of nitrogens with one attached hydrogen (secondary N) is 1. The Bertz CT molecular complexity index is 927. The Hall–Kier alpha value is -3.03. The predicted molar refractivity (Wildman–Crippen MR) is 94.8 cm³/mol. The molecule has 8 heteroatoms. The molecular weight excluding hydrogens is 373 g/mol. The smallest absolute Gasteiger partial charge is 0.416 e. The van der Waals surface area contributed by atoms with Crippen molar-refractivity contribution in [1.29, 1.82) is 0 Å². The van der Waals surface area contributed by atoms with Gasteiger partial charge in [0.05, 0.1) is 17.7 Å². The number of hydrogen-bond acceptors (Lipinski definition) is 3. The van der Waals surface area contributed by atoms with Gasteiger partial charge in [-0.15, -0.1) is 0 Å². The molecule has 1 atom stereocenters. The lowest BCUT2D eigenvalue weighted by Gasteiger charge is -2.39. The number of hydrogen-bond donors (Lipinski definition) is 1. The van der Waals surface area contributed by atoms with Crippen LogP contribution < -0.4 is 5.32 Å². The summed E-state index contributed by atoms with van der Waals surface area (Å²) in [6, 6.07) is 10.9. The molecule has 2 amide bonds. The summed E-state index contributed by atoms with van der Waals surface area (Å²) in [6.07, 6.45) is -3.18. The second kappa shape index (κ2) is 6.54. The number of halogens is 3. The number of carbonyl (C=O) groups excluding carboxylic acids is 2. The number of urea groups is 1. The molecule has 2 heterocycles. The Morgan fingerprint density at radius 1 is 1.11 bits per heavy atom. The number of ether oxygens (including phenoxy) is 1. The molecule has 2 aromatic carbocycles. The van der Waals surface area contributed by atoms with Crippen molar-refractivity contribution in [3.05, 3.63) is 65.2 Å². The van der Waals surface area contributed by atoms with Gasteiger partial charge in [0, 0.05) is 17.8 Å². The fourth-order valence-corrected chi connectivity index (χ4v) is 3.79. The number of amides is 2. The molecule has 1 N–H and O–H groups in total. The number of fused-ring (bicyclic) bond motifs is 2. The SMILES string of the molecule is O=C1O[C@]2(CCCN(C(=O)Nc3ccc(C(F)(F)F)cc3)C2)c2ccccc21. The zero-order chi connectivity index (χ0) is 19.9. The van der Waals surface area contributed by atoms with E-state index in [0.29, 0.717) is 24.9 Å². The van der Waals surface area contributed by atoms with Gasteiger partial charge < -0.3 is 15.0 Å². The lowest BCUT2D eigenvalue weighted by Crippen LogP contribution is -2.50. The third kappa shape index (κ3) is 3.19. The van der Waals surface area contributed by atoms with E-state index in [4.69, 9.17) is 4.74 Å². The highest BCUT2D eigenvalue weighted by atomic mass is 19.4. The zero-order valence-electron chi connectivity index (χ0n) is 14.8. The number of rotatable bonds is 1. The Morgan fingerprint density at radius 3 is 2.54 bits per heavy atom. The minimum Gasteiger partial charge on any atom is -0.449 e. The molecule has 146 valence electrons. The van der Waals surface area contributed by atoms with Crippen LogP contribution in [0.5, 0.6) is 0 Å². The normalized spacial score (nSPS) is 21.4. The van der Waals surface area contributed by atoms with Gasteiger partial charge in [0.1, 0.15) is 0 Å². The first kappa shape index (κ1) is 18.3. The number of esters is 1. The molecule has 0 unspecified atom stereocenters. The Labute approximate surface area is 159 Å². The molecule has 1 fully saturated rings. The van der Waals surface area contributed by atoms with Gasteiger partial charge in [-0.2, -0.15) is 13.2 Å². The van der Waals surface area contributed by atoms with Crippen LogP contribution in [0.4, 0.5) is 23.7 Å². The van der Waals surface area contributed by atoms with Crippen LogP contribution in [-0.4, -0.2) is 30.0 Å². The van der Waals surface area contributed by atoms with Crippen LogP contribution in [0.3, 0.4) is 0 Å². The fourth-order valence-electron chi connectivity index (χ4n) is 3.79. The zero-order valence-corrected chi connectivity index (χ0v) is 14.8. The summed E-state index contributed by atoms with van der Waals surface area (Å²) in [5, 5.41) is 2.61. The molecule has 5 nitrogen and oxygen atoms in total. The number of nitrogens with zero attached hydrogens (tertiary/aromatic N) is 1. The van der Waals surface area contributed by atoms with Crippen LogP contribution in [0.1, 0.15) is 34.3 Å². The minimum absolute atomic E-state index is 0.197. The molecule has 1 spiro atoms. The Morgan fingerprint density at radius 2 is 1.82 bits per heavy atom. The topological polar surface area (TPSA) is 58.6 Å². The van der Waals surface area contributed by atoms with Gasteiger partial charge in [-0.1, -0.05) is 18.2 Å². The van der Waals surface area contributed by atoms with E-state index < -0.39 is 29.3 Å². The van der Waals surface area contributed by atoms with Gasteiger partial charge in [-0.25, -0.2) is 9.59 Å². The van der Waals surface area contributed by atoms with Gasteiger partial charge in [-0.05, 0) is 43.2 Å². The van der Waals surface area contributed by atoms with E-state index in [2.05, 4.69) is 5.32 Å². The fraction of sp³-hybridized carbons (Fsp3) is 0.300. The van der Waals surface area contributed by atoms with Crippen molar-refractivity contribution in [3.63, 3.8) is 0 Å². The number of anilines is 1. The summed E-state index contributed by atoms with van der Waals surface area (Å²) in [5.41, 5.74) is -0.110. The largest absolute Gasteiger partial charge is 0.449 e. The molecule has 0 saturated carbocycles. The van der Waals surface area contributed by atoms with Gasteiger partial charge >= 0.3 is 18.2 Å². The summed E-state index contributed by atoms with van der Waals surface area (Å²) >= 11 is 0. The number of likely N-dealkylation sites (tertiary alicyclic amines) is 1. The van der Waals surface area contributed by atoms with Crippen molar-refractivity contribution >= 4 is 17.7 Å². The highest BCUT2D eigenvalue weighted by Gasteiger charge is 2.48. The third-order valence-corrected chi connectivity index (χ3v) is 5.13. The van der Waals surface area contributed by atoms with Crippen LogP contribution >= 0.6 is 0 Å². The summed E-state index contributed by atoms with van der Waals surface area (Å²) in [7, 11) is 0. The highest BCUT2D eigenvalue weighted by molar-refractivity contribution is 5.95. The van der Waals surface area contributed by atoms with Gasteiger partial charge in [0.2, 0.25) is 0 Å². The number of piperidine rings is 1. The van der Waals surface area contributed by atoms with E-state index in [1.165, 1.54) is 17.0 Å². The molecule has 4 rings (SSSR count). The lowest BCUT2D eigenvalue weighted by molar-refractivity contribution is -0.137. The van der Waals surface area contributed by atoms with Crippen LogP contribution in [0, 0.1) is 0 Å². The maximum absolute atomic E-state index is 12.7. The average molecular weight is 390 g/mol. The summed E-state index contributed by atoms with van der Waals surface area (Å²) in [4.78, 5) is 26.3. The monoisotopic (exact) mass is 390 g/mol. The van der Waals surface area contributed by atoms with Crippen molar-refractivity contribution in [2.45, 2.75) is 24.6 Å². The van der Waals surface area contributed by atoms with E-state index in [-0.39, 0.29) is 12.2 Å². The molecule has 0 aliphatic carbocycles. The first-order valence-corrected chi connectivity index (χ1v) is 8.85. The maximum Gasteiger partial charge on any atom is 0.416 e. The van der Waals surface area contributed by atoms with Crippen LogP contribution in [0.15, 0.2) is 48.5 Å². The molecule has 0 bridgehead atoms. The van der Waals surface area contributed by atoms with Crippen molar-refractivity contribution < 1.29 is 27.5 Å². The molecular formula is C20H17F3N2O3. The first-order chi connectivity index (χ1) is 13.3. The number of benzene rings is 2. The summed E-state index contributed by atoms with van der Waals surface area (Å²) in [5.74, 6) is -0.402. The average Bonchev–Trinajstić information content (AvgIpc) is 2.93. The van der Waals surface area contributed by atoms with Gasteiger partial charge in [-0.3, -0.25) is 0 Å². The Kier molecular flexibility index (Phi) is 4.28. The van der Waals surface area contributed by atoms with E-state index in [1.807, 2.05) is 12.1 Å². The van der Waals surface area contributed by atoms with Crippen LogP contribution in [0.25, 0.3) is 0 Å². The van der Waals surface area contributed by atoms with Crippen LogP contribution in [-0.2, 0) is 16.5 Å². The molecule has 2 aromatic rings. The van der Waals surface area contributed by atoms with E-state index in [0.717, 1.165) is 17.7 Å². The Balaban J connectivity index is 1.50. The first-order valence-electron chi connectivity index (χ1n) is 8.85. The molecule has 1 saturated heterocycles. The predicted octanol–water partition coefficient (Wildman–Crippen LogP) is 4.40. The second-order valence-electron chi connectivity index (χ2n) is 6.96. The van der Waals surface area contributed by atoms with Crippen molar-refractivity contribution in [3.8, 4) is 0 Å². The minimum atomic E-state index is -4.43. The highest BCUT2D eigenvalue weighted by Crippen LogP contribution is 2.42. The summed E-state index contributed by atoms with van der Waals surface area (Å²) < 4.78 is 43.6. The number of alkyl halides is 3. The van der Waals surface area contributed by atoms with Crippen molar-refractivity contribution in [2.24, 2.45) is 0 Å². The molecule has 0 aromatic heterocycles. The summed E-state index contributed by atoms with van der Waals surface area (Å²) in [6.45, 7) is 0.663. The quantitative estimate of drug-likeness (QED) is 0.735.